The Labute approximate surface area is 151 Å². The summed E-state index contributed by atoms with van der Waals surface area (Å²) in [5.41, 5.74) is 0.903. The van der Waals surface area contributed by atoms with Gasteiger partial charge in [0.15, 0.2) is 0 Å². The Morgan fingerprint density at radius 2 is 1.75 bits per heavy atom. The number of aliphatic hydroxyl groups is 1. The van der Waals surface area contributed by atoms with Gasteiger partial charge >= 0.3 is 6.09 Å². The van der Waals surface area contributed by atoms with Crippen LogP contribution in [0.5, 0.6) is 0 Å². The average molecular weight is 366 g/mol. The summed E-state index contributed by atoms with van der Waals surface area (Å²) in [6, 6.07) is 18.7. The van der Waals surface area contributed by atoms with Gasteiger partial charge in [0.25, 0.3) is 0 Å². The molecular weight excluding hydrogens is 346 g/mol. The minimum absolute atomic E-state index is 0.0407. The molecule has 0 saturated heterocycles. The molecule has 0 aromatic heterocycles. The highest BCUT2D eigenvalue weighted by Crippen LogP contribution is 2.19. The zero-order valence-electron chi connectivity index (χ0n) is 13.1. The summed E-state index contributed by atoms with van der Waals surface area (Å²) in [5.74, 6) is 0.539. The number of amides is 1. The second kappa shape index (κ2) is 10.2. The minimum Gasteiger partial charge on any atom is -0.445 e. The maximum Gasteiger partial charge on any atom is 0.407 e. The van der Waals surface area contributed by atoms with Crippen molar-refractivity contribution in [2.24, 2.45) is 0 Å². The third kappa shape index (κ3) is 6.43. The number of rotatable bonds is 8. The van der Waals surface area contributed by atoms with Crippen LogP contribution in [0.2, 0.25) is 0 Å². The van der Waals surface area contributed by atoms with Crippen LogP contribution < -0.4 is 5.32 Å². The van der Waals surface area contributed by atoms with E-state index in [-0.39, 0.29) is 12.5 Å². The number of aliphatic hydroxyl groups excluding tert-OH is 1. The molecule has 1 amide bonds. The van der Waals surface area contributed by atoms with E-state index in [0.29, 0.717) is 5.75 Å². The van der Waals surface area contributed by atoms with E-state index in [1.54, 1.807) is 0 Å². The number of thioether (sulfide) groups is 1. The number of hydrogen-bond donors (Lipinski definition) is 2. The third-order valence-electron chi connectivity index (χ3n) is 3.31. The van der Waals surface area contributed by atoms with Crippen molar-refractivity contribution in [3.63, 3.8) is 0 Å². The van der Waals surface area contributed by atoms with Crippen molar-refractivity contribution in [1.29, 1.82) is 0 Å². The summed E-state index contributed by atoms with van der Waals surface area (Å²) < 4.78 is 5.19. The number of halogens is 1. The SMILES string of the molecule is O=C(NC(CSc1ccccc1)[C@H](O)CCl)OCc1ccccc1. The molecule has 2 aromatic carbocycles. The molecule has 128 valence electrons. The number of alkyl carbamates (subject to hydrolysis) is 1. The largest absolute Gasteiger partial charge is 0.445 e. The number of carbonyl (C=O) groups excluding carboxylic acids is 1. The molecule has 0 spiro atoms. The Bertz CT molecular complexity index is 612. The van der Waals surface area contributed by atoms with E-state index in [1.807, 2.05) is 60.7 Å². The summed E-state index contributed by atoms with van der Waals surface area (Å²) in [6.07, 6.45) is -1.41. The fraction of sp³-hybridized carbons (Fsp3) is 0.278. The molecule has 2 aromatic rings. The van der Waals surface area contributed by atoms with Gasteiger partial charge in [-0.3, -0.25) is 0 Å². The smallest absolute Gasteiger partial charge is 0.407 e. The Balaban J connectivity index is 1.84. The molecule has 2 atom stereocenters. The van der Waals surface area contributed by atoms with Crippen LogP contribution in [-0.4, -0.2) is 35.0 Å². The summed E-state index contributed by atoms with van der Waals surface area (Å²) in [7, 11) is 0. The number of alkyl halides is 1. The normalized spacial score (nSPS) is 13.1. The van der Waals surface area contributed by atoms with Crippen LogP contribution in [0.4, 0.5) is 4.79 Å². The highest BCUT2D eigenvalue weighted by atomic mass is 35.5. The molecule has 0 heterocycles. The summed E-state index contributed by atoms with van der Waals surface area (Å²) in [5, 5.41) is 12.7. The summed E-state index contributed by atoms with van der Waals surface area (Å²) in [4.78, 5) is 13.0. The van der Waals surface area contributed by atoms with E-state index >= 15 is 0 Å². The second-order valence-electron chi connectivity index (χ2n) is 5.16. The van der Waals surface area contributed by atoms with Gasteiger partial charge in [-0.15, -0.1) is 23.4 Å². The molecular formula is C18H20ClNO3S. The van der Waals surface area contributed by atoms with Crippen LogP contribution in [0.1, 0.15) is 5.56 Å². The molecule has 0 fully saturated rings. The Hall–Kier alpha value is -1.69. The van der Waals surface area contributed by atoms with Gasteiger partial charge in [0.1, 0.15) is 6.61 Å². The Kier molecular flexibility index (Phi) is 7.95. The predicted molar refractivity (Wildman–Crippen MR) is 97.4 cm³/mol. The highest BCUT2D eigenvalue weighted by molar-refractivity contribution is 7.99. The van der Waals surface area contributed by atoms with Crippen molar-refractivity contribution in [1.82, 2.24) is 5.32 Å². The number of nitrogens with one attached hydrogen (secondary N) is 1. The second-order valence-corrected chi connectivity index (χ2v) is 6.56. The zero-order valence-corrected chi connectivity index (χ0v) is 14.7. The van der Waals surface area contributed by atoms with Crippen molar-refractivity contribution >= 4 is 29.5 Å². The van der Waals surface area contributed by atoms with E-state index in [0.717, 1.165) is 10.5 Å². The van der Waals surface area contributed by atoms with E-state index in [2.05, 4.69) is 5.32 Å². The first-order chi connectivity index (χ1) is 11.7. The topological polar surface area (TPSA) is 58.6 Å². The maximum atomic E-state index is 12.0. The predicted octanol–water partition coefficient (Wildman–Crippen LogP) is 3.67. The summed E-state index contributed by atoms with van der Waals surface area (Å²) >= 11 is 7.27. The van der Waals surface area contributed by atoms with Crippen LogP contribution in [0.3, 0.4) is 0 Å². The number of hydrogen-bond acceptors (Lipinski definition) is 4. The first-order valence-corrected chi connectivity index (χ1v) is 9.10. The molecule has 24 heavy (non-hydrogen) atoms. The lowest BCUT2D eigenvalue weighted by Crippen LogP contribution is -2.46. The Morgan fingerprint density at radius 3 is 2.38 bits per heavy atom. The molecule has 6 heteroatoms. The van der Waals surface area contributed by atoms with E-state index in [1.165, 1.54) is 11.8 Å². The molecule has 4 nitrogen and oxygen atoms in total. The molecule has 0 radical (unpaired) electrons. The summed E-state index contributed by atoms with van der Waals surface area (Å²) in [6.45, 7) is 0.183. The zero-order chi connectivity index (χ0) is 17.2. The van der Waals surface area contributed by atoms with E-state index in [4.69, 9.17) is 16.3 Å². The molecule has 0 saturated carbocycles. The number of benzene rings is 2. The van der Waals surface area contributed by atoms with Crippen LogP contribution in [0.15, 0.2) is 65.6 Å². The minimum atomic E-state index is -0.841. The molecule has 0 aliphatic carbocycles. The number of carbonyl (C=O) groups is 1. The van der Waals surface area contributed by atoms with Gasteiger partial charge in [-0.1, -0.05) is 48.5 Å². The third-order valence-corrected chi connectivity index (χ3v) is 4.76. The lowest BCUT2D eigenvalue weighted by atomic mass is 10.2. The van der Waals surface area contributed by atoms with Crippen molar-refractivity contribution in [3.8, 4) is 0 Å². The van der Waals surface area contributed by atoms with Gasteiger partial charge in [-0.05, 0) is 17.7 Å². The van der Waals surface area contributed by atoms with Gasteiger partial charge in [-0.25, -0.2) is 4.79 Å². The molecule has 2 N–H and O–H groups in total. The highest BCUT2D eigenvalue weighted by Gasteiger charge is 2.21. The maximum absolute atomic E-state index is 12.0. The van der Waals surface area contributed by atoms with Crippen molar-refractivity contribution in [2.45, 2.75) is 23.6 Å². The Morgan fingerprint density at radius 1 is 1.12 bits per heavy atom. The van der Waals surface area contributed by atoms with Crippen LogP contribution >= 0.6 is 23.4 Å². The molecule has 1 unspecified atom stereocenters. The quantitative estimate of drug-likeness (QED) is 0.553. The molecule has 0 bridgehead atoms. The van der Waals surface area contributed by atoms with Crippen molar-refractivity contribution in [3.05, 3.63) is 66.2 Å². The van der Waals surface area contributed by atoms with E-state index in [9.17, 15) is 9.90 Å². The van der Waals surface area contributed by atoms with Gasteiger partial charge < -0.3 is 15.2 Å². The fourth-order valence-electron chi connectivity index (χ4n) is 1.98. The molecule has 0 aliphatic heterocycles. The van der Waals surface area contributed by atoms with Gasteiger partial charge in [0.2, 0.25) is 0 Å². The van der Waals surface area contributed by atoms with Crippen LogP contribution in [-0.2, 0) is 11.3 Å². The lowest BCUT2D eigenvalue weighted by molar-refractivity contribution is 0.115. The lowest BCUT2D eigenvalue weighted by Gasteiger charge is -2.22. The average Bonchev–Trinajstić information content (AvgIpc) is 2.64. The molecule has 2 rings (SSSR count). The van der Waals surface area contributed by atoms with E-state index < -0.39 is 18.2 Å². The first-order valence-electron chi connectivity index (χ1n) is 7.58. The van der Waals surface area contributed by atoms with Crippen molar-refractivity contribution in [2.75, 3.05) is 11.6 Å². The van der Waals surface area contributed by atoms with Gasteiger partial charge in [0, 0.05) is 10.6 Å². The fourth-order valence-corrected chi connectivity index (χ4v) is 3.22. The van der Waals surface area contributed by atoms with Gasteiger partial charge in [-0.2, -0.15) is 0 Å². The monoisotopic (exact) mass is 365 g/mol. The number of ether oxygens (including phenoxy) is 1. The van der Waals surface area contributed by atoms with Crippen LogP contribution in [0.25, 0.3) is 0 Å². The van der Waals surface area contributed by atoms with Crippen molar-refractivity contribution < 1.29 is 14.6 Å². The first kappa shape index (κ1) is 18.6. The molecule has 0 aliphatic rings. The standard InChI is InChI=1S/C18H20ClNO3S/c19-11-17(21)16(13-24-15-9-5-2-6-10-15)20-18(22)23-12-14-7-3-1-4-8-14/h1-10,16-17,21H,11-13H2,(H,20,22)/t16?,17-/m1/s1. The van der Waals surface area contributed by atoms with Crippen LogP contribution in [0, 0.1) is 0 Å². The van der Waals surface area contributed by atoms with Gasteiger partial charge in [0.05, 0.1) is 18.0 Å².